The maximum absolute atomic E-state index is 6.14. The summed E-state index contributed by atoms with van der Waals surface area (Å²) in [5.41, 5.74) is 0.806. The predicted molar refractivity (Wildman–Crippen MR) is 69.8 cm³/mol. The Morgan fingerprint density at radius 2 is 1.83 bits per heavy atom. The number of hydrogen-bond acceptors (Lipinski definition) is 2. The third-order valence-electron chi connectivity index (χ3n) is 3.64. The number of nitrogens with zero attached hydrogens (tertiary/aromatic N) is 1. The Balaban J connectivity index is 1.84. The van der Waals surface area contributed by atoms with E-state index in [1.807, 2.05) is 30.3 Å². The van der Waals surface area contributed by atoms with Crippen LogP contribution >= 0.6 is 0 Å². The number of benzene rings is 2. The molecule has 1 unspecified atom stereocenters. The summed E-state index contributed by atoms with van der Waals surface area (Å²) in [4.78, 5) is 4.76. The van der Waals surface area contributed by atoms with Crippen LogP contribution in [-0.2, 0) is 6.42 Å². The second kappa shape index (κ2) is 3.45. The van der Waals surface area contributed by atoms with Crippen molar-refractivity contribution in [3.05, 3.63) is 64.7 Å². The normalized spacial score (nSPS) is 23.6. The van der Waals surface area contributed by atoms with Crippen LogP contribution < -0.4 is 15.3 Å². The molecule has 0 amide bonds. The van der Waals surface area contributed by atoms with Gasteiger partial charge in [-0.3, -0.25) is 0 Å². The molecule has 4 rings (SSSR count). The van der Waals surface area contributed by atoms with Crippen molar-refractivity contribution in [2.75, 3.05) is 0 Å². The van der Waals surface area contributed by atoms with Gasteiger partial charge in [0.25, 0.3) is 0 Å². The molecule has 2 aromatic rings. The second-order valence-corrected chi connectivity index (χ2v) is 4.87. The summed E-state index contributed by atoms with van der Waals surface area (Å²) in [6, 6.07) is 16.4. The van der Waals surface area contributed by atoms with Gasteiger partial charge in [0.15, 0.2) is 0 Å². The first-order valence-corrected chi connectivity index (χ1v) is 6.29. The Morgan fingerprint density at radius 3 is 2.78 bits per heavy atom. The van der Waals surface area contributed by atoms with Crippen molar-refractivity contribution < 1.29 is 4.74 Å². The van der Waals surface area contributed by atoms with Gasteiger partial charge in [0.1, 0.15) is 5.75 Å². The second-order valence-electron chi connectivity index (χ2n) is 4.87. The Bertz CT molecular complexity index is 698. The Morgan fingerprint density at radius 1 is 1.00 bits per heavy atom. The van der Waals surface area contributed by atoms with Crippen molar-refractivity contribution in [3.63, 3.8) is 0 Å². The molecular weight excluding hydrogens is 222 g/mol. The monoisotopic (exact) mass is 235 g/mol. The van der Waals surface area contributed by atoms with Crippen molar-refractivity contribution in [2.45, 2.75) is 18.6 Å². The molecule has 2 nitrogen and oxygen atoms in total. The van der Waals surface area contributed by atoms with Crippen molar-refractivity contribution in [1.29, 1.82) is 0 Å². The van der Waals surface area contributed by atoms with E-state index in [4.69, 9.17) is 9.73 Å². The van der Waals surface area contributed by atoms with Crippen LogP contribution in [0, 0.1) is 0 Å². The fourth-order valence-electron chi connectivity index (χ4n) is 2.74. The molecule has 2 aromatic carbocycles. The van der Waals surface area contributed by atoms with Crippen molar-refractivity contribution >= 4 is 6.08 Å². The Kier molecular flexibility index (Phi) is 1.90. The summed E-state index contributed by atoms with van der Waals surface area (Å²) in [7, 11) is 0. The molecule has 2 aliphatic heterocycles. The van der Waals surface area contributed by atoms with E-state index in [2.05, 4.69) is 24.3 Å². The van der Waals surface area contributed by atoms with Crippen LogP contribution in [0.3, 0.4) is 0 Å². The molecule has 0 bridgehead atoms. The number of hydrogen-bond donors (Lipinski definition) is 0. The van der Waals surface area contributed by atoms with Crippen LogP contribution in [0.2, 0.25) is 0 Å². The first-order chi connectivity index (χ1) is 8.85. The molecule has 0 fully saturated rings. The van der Waals surface area contributed by atoms with Gasteiger partial charge < -0.3 is 4.74 Å². The minimum Gasteiger partial charge on any atom is -0.462 e. The van der Waals surface area contributed by atoms with E-state index in [0.717, 1.165) is 23.9 Å². The van der Waals surface area contributed by atoms with Gasteiger partial charge >= 0.3 is 0 Å². The van der Waals surface area contributed by atoms with Crippen molar-refractivity contribution in [2.24, 2.45) is 4.99 Å². The van der Waals surface area contributed by atoms with Crippen molar-refractivity contribution in [1.82, 2.24) is 0 Å². The zero-order valence-electron chi connectivity index (χ0n) is 9.97. The zero-order valence-corrected chi connectivity index (χ0v) is 9.97. The van der Waals surface area contributed by atoms with Crippen LogP contribution in [0.15, 0.2) is 53.5 Å². The lowest BCUT2D eigenvalue weighted by atomic mass is 9.98. The fraction of sp³-hybridized carbons (Fsp3) is 0.188. The van der Waals surface area contributed by atoms with Crippen LogP contribution in [0.5, 0.6) is 5.75 Å². The number of para-hydroxylation sites is 2. The SMILES string of the molecule is C1=c2ccccc2=NC12CCc1ccccc1O2. The maximum atomic E-state index is 6.14. The summed E-state index contributed by atoms with van der Waals surface area (Å²) in [6.45, 7) is 0. The molecule has 88 valence electrons. The van der Waals surface area contributed by atoms with Gasteiger partial charge in [-0.1, -0.05) is 36.4 Å². The lowest BCUT2D eigenvalue weighted by Crippen LogP contribution is -2.34. The molecule has 2 aliphatic rings. The minimum absolute atomic E-state index is 0.474. The van der Waals surface area contributed by atoms with E-state index in [1.165, 1.54) is 10.8 Å². The summed E-state index contributed by atoms with van der Waals surface area (Å²) >= 11 is 0. The van der Waals surface area contributed by atoms with Gasteiger partial charge in [0.2, 0.25) is 5.72 Å². The smallest absolute Gasteiger partial charge is 0.221 e. The molecule has 2 heterocycles. The maximum Gasteiger partial charge on any atom is 0.221 e. The average molecular weight is 235 g/mol. The molecule has 0 aromatic heterocycles. The first-order valence-electron chi connectivity index (χ1n) is 6.29. The minimum atomic E-state index is -0.474. The molecule has 0 aliphatic carbocycles. The van der Waals surface area contributed by atoms with E-state index < -0.39 is 5.72 Å². The lowest BCUT2D eigenvalue weighted by Gasteiger charge is -2.31. The van der Waals surface area contributed by atoms with Crippen LogP contribution in [0.1, 0.15) is 12.0 Å². The number of aryl methyl sites for hydroxylation is 1. The van der Waals surface area contributed by atoms with Gasteiger partial charge in [-0.25, -0.2) is 4.99 Å². The Labute approximate surface area is 105 Å². The van der Waals surface area contributed by atoms with Crippen molar-refractivity contribution in [3.8, 4) is 5.75 Å². The molecular formula is C16H13NO. The highest BCUT2D eigenvalue weighted by molar-refractivity contribution is 5.45. The topological polar surface area (TPSA) is 21.6 Å². The molecule has 0 saturated heterocycles. The standard InChI is InChI=1S/C16H13NO/c1-3-7-14-13(6-1)11-16(17-14)10-9-12-5-2-4-8-15(12)18-16/h1-8,11H,9-10H2. The van der Waals surface area contributed by atoms with Crippen LogP contribution in [0.25, 0.3) is 6.08 Å². The average Bonchev–Trinajstić information content (AvgIpc) is 2.76. The van der Waals surface area contributed by atoms with Crippen LogP contribution in [0.4, 0.5) is 0 Å². The van der Waals surface area contributed by atoms with E-state index in [9.17, 15) is 0 Å². The van der Waals surface area contributed by atoms with E-state index >= 15 is 0 Å². The lowest BCUT2D eigenvalue weighted by molar-refractivity contribution is 0.119. The number of ether oxygens (including phenoxy) is 1. The molecule has 1 spiro atoms. The van der Waals surface area contributed by atoms with Gasteiger partial charge in [0, 0.05) is 11.6 Å². The van der Waals surface area contributed by atoms with Gasteiger partial charge in [-0.05, 0) is 30.2 Å². The number of rotatable bonds is 0. The largest absolute Gasteiger partial charge is 0.462 e. The Hall–Kier alpha value is -2.09. The van der Waals surface area contributed by atoms with Gasteiger partial charge in [-0.15, -0.1) is 0 Å². The van der Waals surface area contributed by atoms with E-state index in [1.54, 1.807) is 0 Å². The predicted octanol–water partition coefficient (Wildman–Crippen LogP) is 1.82. The quantitative estimate of drug-likeness (QED) is 0.682. The summed E-state index contributed by atoms with van der Waals surface area (Å²) in [5.74, 6) is 0.969. The highest BCUT2D eigenvalue weighted by Crippen LogP contribution is 2.35. The highest BCUT2D eigenvalue weighted by Gasteiger charge is 2.35. The molecule has 0 radical (unpaired) electrons. The number of fused-ring (bicyclic) bond motifs is 2. The third-order valence-corrected chi connectivity index (χ3v) is 3.64. The van der Waals surface area contributed by atoms with Gasteiger partial charge in [-0.2, -0.15) is 0 Å². The van der Waals surface area contributed by atoms with E-state index in [0.29, 0.717) is 0 Å². The molecule has 0 saturated carbocycles. The third kappa shape index (κ3) is 1.39. The molecule has 18 heavy (non-hydrogen) atoms. The summed E-state index contributed by atoms with van der Waals surface area (Å²) < 4.78 is 6.14. The van der Waals surface area contributed by atoms with Crippen LogP contribution in [-0.4, -0.2) is 5.72 Å². The highest BCUT2D eigenvalue weighted by atomic mass is 16.5. The molecule has 1 atom stereocenters. The first kappa shape index (κ1) is 9.89. The van der Waals surface area contributed by atoms with Gasteiger partial charge in [0.05, 0.1) is 5.36 Å². The molecule has 0 N–H and O–H groups in total. The molecule has 2 heteroatoms. The zero-order chi connectivity index (χ0) is 12.0. The van der Waals surface area contributed by atoms with E-state index in [-0.39, 0.29) is 0 Å². The fourth-order valence-corrected chi connectivity index (χ4v) is 2.74. The summed E-state index contributed by atoms with van der Waals surface area (Å²) in [5, 5.41) is 2.22. The summed E-state index contributed by atoms with van der Waals surface area (Å²) in [6.07, 6.45) is 4.08.